The van der Waals surface area contributed by atoms with Gasteiger partial charge in [0.15, 0.2) is 0 Å². The minimum absolute atomic E-state index is 0.0739. The second kappa shape index (κ2) is 5.69. The zero-order chi connectivity index (χ0) is 13.0. The average molecular weight is 305 g/mol. The Morgan fingerprint density at radius 2 is 1.78 bits per heavy atom. The lowest BCUT2D eigenvalue weighted by atomic mass is 10.1. The minimum Gasteiger partial charge on any atom is -0.398 e. The molecular formula is C14H13BrN2O. The summed E-state index contributed by atoms with van der Waals surface area (Å²) in [6.07, 6.45) is 0.280. The van der Waals surface area contributed by atoms with Gasteiger partial charge in [-0.2, -0.15) is 0 Å². The molecule has 0 aliphatic heterocycles. The molecule has 0 fully saturated rings. The van der Waals surface area contributed by atoms with Crippen LogP contribution in [0, 0.1) is 0 Å². The van der Waals surface area contributed by atoms with Crippen molar-refractivity contribution in [3.05, 3.63) is 58.6 Å². The lowest BCUT2D eigenvalue weighted by Crippen LogP contribution is -2.15. The topological polar surface area (TPSA) is 55.1 Å². The quantitative estimate of drug-likeness (QED) is 0.856. The van der Waals surface area contributed by atoms with E-state index in [0.29, 0.717) is 5.69 Å². The molecule has 0 spiro atoms. The van der Waals surface area contributed by atoms with Crippen molar-refractivity contribution < 1.29 is 4.79 Å². The van der Waals surface area contributed by atoms with Gasteiger partial charge < -0.3 is 11.1 Å². The summed E-state index contributed by atoms with van der Waals surface area (Å²) in [4.78, 5) is 11.8. The SMILES string of the molecule is Nc1ccccc1CC(=O)Nc1ccc(Br)cc1. The van der Waals surface area contributed by atoms with E-state index in [-0.39, 0.29) is 12.3 Å². The van der Waals surface area contributed by atoms with Crippen LogP contribution in [-0.2, 0) is 11.2 Å². The zero-order valence-corrected chi connectivity index (χ0v) is 11.3. The van der Waals surface area contributed by atoms with E-state index in [1.54, 1.807) is 6.07 Å². The number of nitrogens with two attached hydrogens (primary N) is 1. The van der Waals surface area contributed by atoms with Crippen molar-refractivity contribution in [1.82, 2.24) is 0 Å². The van der Waals surface area contributed by atoms with Crippen LogP contribution in [0.2, 0.25) is 0 Å². The predicted molar refractivity (Wildman–Crippen MR) is 77.3 cm³/mol. The second-order valence-corrected chi connectivity index (χ2v) is 4.85. The highest BCUT2D eigenvalue weighted by atomic mass is 79.9. The standard InChI is InChI=1S/C14H13BrN2O/c15-11-5-7-12(8-6-11)17-14(18)9-10-3-1-2-4-13(10)16/h1-8H,9,16H2,(H,17,18). The number of halogens is 1. The Labute approximate surface area is 114 Å². The Morgan fingerprint density at radius 1 is 1.11 bits per heavy atom. The fourth-order valence-electron chi connectivity index (χ4n) is 1.61. The van der Waals surface area contributed by atoms with Gasteiger partial charge in [-0.05, 0) is 35.9 Å². The van der Waals surface area contributed by atoms with Crippen molar-refractivity contribution in [3.63, 3.8) is 0 Å². The summed E-state index contributed by atoms with van der Waals surface area (Å²) in [7, 11) is 0. The molecule has 0 heterocycles. The molecule has 2 rings (SSSR count). The van der Waals surface area contributed by atoms with Crippen LogP contribution in [0.15, 0.2) is 53.0 Å². The summed E-state index contributed by atoms with van der Waals surface area (Å²) in [6.45, 7) is 0. The first-order valence-electron chi connectivity index (χ1n) is 5.54. The van der Waals surface area contributed by atoms with E-state index < -0.39 is 0 Å². The molecule has 18 heavy (non-hydrogen) atoms. The predicted octanol–water partition coefficient (Wildman–Crippen LogP) is 3.21. The van der Waals surface area contributed by atoms with Crippen LogP contribution in [0.3, 0.4) is 0 Å². The Bertz CT molecular complexity index is 552. The van der Waals surface area contributed by atoms with Gasteiger partial charge in [0.2, 0.25) is 5.91 Å². The number of nitrogens with one attached hydrogen (secondary N) is 1. The molecule has 0 unspecified atom stereocenters. The fraction of sp³-hybridized carbons (Fsp3) is 0.0714. The van der Waals surface area contributed by atoms with E-state index >= 15 is 0 Å². The fourth-order valence-corrected chi connectivity index (χ4v) is 1.87. The molecule has 0 aliphatic rings. The Kier molecular flexibility index (Phi) is 3.99. The molecule has 0 bridgehead atoms. The molecule has 3 nitrogen and oxygen atoms in total. The Hall–Kier alpha value is -1.81. The third-order valence-electron chi connectivity index (χ3n) is 2.53. The normalized spacial score (nSPS) is 10.1. The Balaban J connectivity index is 2.01. The summed E-state index contributed by atoms with van der Waals surface area (Å²) in [6, 6.07) is 14.8. The molecule has 3 N–H and O–H groups in total. The van der Waals surface area contributed by atoms with Crippen molar-refractivity contribution in [2.24, 2.45) is 0 Å². The third-order valence-corrected chi connectivity index (χ3v) is 3.06. The van der Waals surface area contributed by atoms with Crippen molar-refractivity contribution in [1.29, 1.82) is 0 Å². The molecule has 0 aliphatic carbocycles. The number of rotatable bonds is 3. The molecule has 1 amide bonds. The summed E-state index contributed by atoms with van der Waals surface area (Å²) in [5, 5.41) is 2.83. The number of hydrogen-bond donors (Lipinski definition) is 2. The first-order valence-corrected chi connectivity index (χ1v) is 6.33. The van der Waals surface area contributed by atoms with E-state index in [2.05, 4.69) is 21.2 Å². The lowest BCUT2D eigenvalue weighted by Gasteiger charge is -2.07. The number of para-hydroxylation sites is 1. The average Bonchev–Trinajstić information content (AvgIpc) is 2.35. The maximum absolute atomic E-state index is 11.8. The number of benzene rings is 2. The largest absolute Gasteiger partial charge is 0.398 e. The summed E-state index contributed by atoms with van der Waals surface area (Å²) in [5.41, 5.74) is 8.05. The highest BCUT2D eigenvalue weighted by Gasteiger charge is 2.06. The van der Waals surface area contributed by atoms with Crippen LogP contribution in [0.5, 0.6) is 0 Å². The second-order valence-electron chi connectivity index (χ2n) is 3.93. The van der Waals surface area contributed by atoms with E-state index in [4.69, 9.17) is 5.73 Å². The van der Waals surface area contributed by atoms with Crippen LogP contribution < -0.4 is 11.1 Å². The van der Waals surface area contributed by atoms with Crippen molar-refractivity contribution in [2.75, 3.05) is 11.1 Å². The maximum atomic E-state index is 11.8. The van der Waals surface area contributed by atoms with Gasteiger partial charge in [-0.1, -0.05) is 34.1 Å². The van der Waals surface area contributed by atoms with Crippen LogP contribution in [0.25, 0.3) is 0 Å². The van der Waals surface area contributed by atoms with E-state index in [1.807, 2.05) is 42.5 Å². The molecule has 0 saturated carbocycles. The van der Waals surface area contributed by atoms with Crippen LogP contribution >= 0.6 is 15.9 Å². The van der Waals surface area contributed by atoms with Gasteiger partial charge in [-0.3, -0.25) is 4.79 Å². The number of nitrogen functional groups attached to an aromatic ring is 1. The summed E-state index contributed by atoms with van der Waals surface area (Å²) in [5.74, 6) is -0.0739. The number of anilines is 2. The summed E-state index contributed by atoms with van der Waals surface area (Å²) >= 11 is 3.35. The highest BCUT2D eigenvalue weighted by Crippen LogP contribution is 2.15. The van der Waals surface area contributed by atoms with Gasteiger partial charge in [-0.15, -0.1) is 0 Å². The third kappa shape index (κ3) is 3.34. The first kappa shape index (κ1) is 12.6. The molecule has 2 aromatic carbocycles. The molecule has 0 saturated heterocycles. The number of carbonyl (C=O) groups is 1. The van der Waals surface area contributed by atoms with Crippen molar-refractivity contribution >= 4 is 33.2 Å². The van der Waals surface area contributed by atoms with Gasteiger partial charge in [0, 0.05) is 15.8 Å². The molecule has 2 aromatic rings. The van der Waals surface area contributed by atoms with Gasteiger partial charge >= 0.3 is 0 Å². The van der Waals surface area contributed by atoms with Crippen LogP contribution in [0.1, 0.15) is 5.56 Å². The van der Waals surface area contributed by atoms with Gasteiger partial charge in [-0.25, -0.2) is 0 Å². The molecule has 0 radical (unpaired) electrons. The van der Waals surface area contributed by atoms with Gasteiger partial charge in [0.25, 0.3) is 0 Å². The van der Waals surface area contributed by atoms with E-state index in [9.17, 15) is 4.79 Å². The van der Waals surface area contributed by atoms with Crippen molar-refractivity contribution in [3.8, 4) is 0 Å². The molecular weight excluding hydrogens is 292 g/mol. The van der Waals surface area contributed by atoms with Gasteiger partial charge in [0.05, 0.1) is 6.42 Å². The number of hydrogen-bond acceptors (Lipinski definition) is 2. The smallest absolute Gasteiger partial charge is 0.228 e. The highest BCUT2D eigenvalue weighted by molar-refractivity contribution is 9.10. The van der Waals surface area contributed by atoms with Gasteiger partial charge in [0.1, 0.15) is 0 Å². The van der Waals surface area contributed by atoms with Crippen molar-refractivity contribution in [2.45, 2.75) is 6.42 Å². The Morgan fingerprint density at radius 3 is 2.44 bits per heavy atom. The molecule has 0 aromatic heterocycles. The lowest BCUT2D eigenvalue weighted by molar-refractivity contribution is -0.115. The van der Waals surface area contributed by atoms with Crippen LogP contribution in [-0.4, -0.2) is 5.91 Å². The summed E-state index contributed by atoms with van der Waals surface area (Å²) < 4.78 is 0.979. The molecule has 92 valence electrons. The molecule has 0 atom stereocenters. The van der Waals surface area contributed by atoms with Crippen LogP contribution in [0.4, 0.5) is 11.4 Å². The maximum Gasteiger partial charge on any atom is 0.228 e. The monoisotopic (exact) mass is 304 g/mol. The zero-order valence-electron chi connectivity index (χ0n) is 9.69. The first-order chi connectivity index (χ1) is 8.65. The minimum atomic E-state index is -0.0739. The van der Waals surface area contributed by atoms with E-state index in [1.165, 1.54) is 0 Å². The van der Waals surface area contributed by atoms with E-state index in [0.717, 1.165) is 15.7 Å². The number of carbonyl (C=O) groups excluding carboxylic acids is 1. The number of amides is 1. The molecule has 4 heteroatoms.